The zero-order valence-electron chi connectivity index (χ0n) is 12.2. The van der Waals surface area contributed by atoms with E-state index in [0.29, 0.717) is 0 Å². The molecule has 4 nitrogen and oxygen atoms in total. The van der Waals surface area contributed by atoms with E-state index in [1.54, 1.807) is 0 Å². The molecule has 0 aliphatic rings. The van der Waals surface area contributed by atoms with Crippen molar-refractivity contribution in [3.63, 3.8) is 0 Å². The maximum absolute atomic E-state index is 5.73. The van der Waals surface area contributed by atoms with Gasteiger partial charge in [0, 0.05) is 36.4 Å². The molecule has 1 atom stereocenters. The Bertz CT molecular complexity index is 568. The molecule has 108 valence electrons. The monoisotopic (exact) mass is 336 g/mol. The minimum atomic E-state index is 0.136. The summed E-state index contributed by atoms with van der Waals surface area (Å²) >= 11 is 3.60. The summed E-state index contributed by atoms with van der Waals surface area (Å²) in [5.74, 6) is 6.81. The van der Waals surface area contributed by atoms with Crippen LogP contribution in [0.3, 0.4) is 0 Å². The first kappa shape index (κ1) is 15.2. The number of hydrogen-bond donors (Lipinski definition) is 2. The van der Waals surface area contributed by atoms with Crippen LogP contribution in [-0.4, -0.2) is 9.55 Å². The molecule has 1 unspecified atom stereocenters. The number of hydrogen-bond acceptors (Lipinski definition) is 3. The average molecular weight is 337 g/mol. The molecule has 0 saturated heterocycles. The Balaban J connectivity index is 2.14. The first-order chi connectivity index (χ1) is 9.52. The van der Waals surface area contributed by atoms with E-state index in [2.05, 4.69) is 52.3 Å². The molecule has 2 rings (SSSR count). The number of nitrogens with two attached hydrogens (primary N) is 1. The van der Waals surface area contributed by atoms with Gasteiger partial charge in [0.15, 0.2) is 0 Å². The number of imidazole rings is 1. The van der Waals surface area contributed by atoms with Crippen LogP contribution in [0.15, 0.2) is 29.0 Å². The van der Waals surface area contributed by atoms with E-state index in [-0.39, 0.29) is 6.04 Å². The van der Waals surface area contributed by atoms with E-state index in [1.165, 1.54) is 21.2 Å². The second-order valence-electron chi connectivity index (χ2n) is 5.18. The fourth-order valence-electron chi connectivity index (χ4n) is 2.44. The summed E-state index contributed by atoms with van der Waals surface area (Å²) in [6.45, 7) is 4.21. The van der Waals surface area contributed by atoms with Crippen molar-refractivity contribution < 1.29 is 0 Å². The fraction of sp³-hybridized carbons (Fsp3) is 0.400. The van der Waals surface area contributed by atoms with Crippen LogP contribution in [0.4, 0.5) is 0 Å². The van der Waals surface area contributed by atoms with E-state index < -0.39 is 0 Å². The Morgan fingerprint density at radius 1 is 1.35 bits per heavy atom. The molecule has 0 amide bonds. The molecular weight excluding hydrogens is 316 g/mol. The Kier molecular flexibility index (Phi) is 4.96. The van der Waals surface area contributed by atoms with Gasteiger partial charge in [-0.1, -0.05) is 28.1 Å². The number of nitrogens with zero attached hydrogens (tertiary/aromatic N) is 2. The van der Waals surface area contributed by atoms with E-state index in [4.69, 9.17) is 5.84 Å². The van der Waals surface area contributed by atoms with Gasteiger partial charge in [-0.25, -0.2) is 4.98 Å². The highest BCUT2D eigenvalue weighted by Gasteiger charge is 2.13. The van der Waals surface area contributed by atoms with E-state index in [1.807, 2.05) is 24.0 Å². The minimum Gasteiger partial charge on any atom is -0.338 e. The van der Waals surface area contributed by atoms with Gasteiger partial charge in [0.2, 0.25) is 0 Å². The SMILES string of the molecule is Cc1cc(C(CCc2nccn2C)NN)cc(C)c1Br. The lowest BCUT2D eigenvalue weighted by atomic mass is 9.98. The number of aromatic nitrogens is 2. The lowest BCUT2D eigenvalue weighted by molar-refractivity contribution is 0.506. The fourth-order valence-corrected chi connectivity index (χ4v) is 2.67. The zero-order valence-corrected chi connectivity index (χ0v) is 13.7. The maximum Gasteiger partial charge on any atom is 0.108 e. The Morgan fingerprint density at radius 2 is 2.00 bits per heavy atom. The second-order valence-corrected chi connectivity index (χ2v) is 5.97. The molecule has 0 saturated carbocycles. The van der Waals surface area contributed by atoms with Gasteiger partial charge in [-0.3, -0.25) is 11.3 Å². The average Bonchev–Trinajstić information content (AvgIpc) is 2.82. The maximum atomic E-state index is 5.73. The number of nitrogens with one attached hydrogen (secondary N) is 1. The molecule has 0 aliphatic heterocycles. The van der Waals surface area contributed by atoms with Crippen molar-refractivity contribution in [2.45, 2.75) is 32.7 Å². The van der Waals surface area contributed by atoms with Gasteiger partial charge < -0.3 is 4.57 Å². The summed E-state index contributed by atoms with van der Waals surface area (Å²) in [5.41, 5.74) is 6.61. The minimum absolute atomic E-state index is 0.136. The molecule has 0 spiro atoms. The predicted molar refractivity (Wildman–Crippen MR) is 85.2 cm³/mol. The number of halogens is 1. The van der Waals surface area contributed by atoms with Crippen LogP contribution in [0, 0.1) is 13.8 Å². The molecule has 2 aromatic rings. The summed E-state index contributed by atoms with van der Waals surface area (Å²) in [6.07, 6.45) is 5.61. The first-order valence-electron chi connectivity index (χ1n) is 6.72. The molecule has 1 heterocycles. The van der Waals surface area contributed by atoms with E-state index in [9.17, 15) is 0 Å². The van der Waals surface area contributed by atoms with Crippen molar-refractivity contribution in [2.75, 3.05) is 0 Å². The number of rotatable bonds is 5. The smallest absolute Gasteiger partial charge is 0.108 e. The third kappa shape index (κ3) is 3.29. The van der Waals surface area contributed by atoms with Crippen LogP contribution >= 0.6 is 15.9 Å². The van der Waals surface area contributed by atoms with Crippen molar-refractivity contribution in [1.29, 1.82) is 0 Å². The number of aryl methyl sites for hydroxylation is 4. The molecule has 1 aromatic carbocycles. The molecule has 3 N–H and O–H groups in total. The highest BCUT2D eigenvalue weighted by molar-refractivity contribution is 9.10. The van der Waals surface area contributed by atoms with Crippen LogP contribution in [0.25, 0.3) is 0 Å². The Hall–Kier alpha value is -1.17. The third-order valence-electron chi connectivity index (χ3n) is 3.64. The quantitative estimate of drug-likeness (QED) is 0.652. The number of hydrazine groups is 1. The van der Waals surface area contributed by atoms with Crippen molar-refractivity contribution >= 4 is 15.9 Å². The molecule has 0 aliphatic carbocycles. The van der Waals surface area contributed by atoms with Crippen molar-refractivity contribution in [3.8, 4) is 0 Å². The van der Waals surface area contributed by atoms with Gasteiger partial charge >= 0.3 is 0 Å². The largest absolute Gasteiger partial charge is 0.338 e. The Labute approximate surface area is 128 Å². The molecule has 0 fully saturated rings. The van der Waals surface area contributed by atoms with Crippen LogP contribution in [0.2, 0.25) is 0 Å². The molecule has 5 heteroatoms. The molecule has 0 bridgehead atoms. The van der Waals surface area contributed by atoms with Crippen molar-refractivity contribution in [1.82, 2.24) is 15.0 Å². The third-order valence-corrected chi connectivity index (χ3v) is 4.89. The first-order valence-corrected chi connectivity index (χ1v) is 7.51. The second kappa shape index (κ2) is 6.52. The normalized spacial score (nSPS) is 12.7. The van der Waals surface area contributed by atoms with Gasteiger partial charge in [-0.2, -0.15) is 0 Å². The van der Waals surface area contributed by atoms with Crippen LogP contribution in [-0.2, 0) is 13.5 Å². The summed E-state index contributed by atoms with van der Waals surface area (Å²) in [4.78, 5) is 4.35. The number of benzene rings is 1. The zero-order chi connectivity index (χ0) is 14.7. The molecule has 20 heavy (non-hydrogen) atoms. The van der Waals surface area contributed by atoms with Gasteiger partial charge in [0.05, 0.1) is 0 Å². The topological polar surface area (TPSA) is 55.9 Å². The predicted octanol–water partition coefficient (Wildman–Crippen LogP) is 2.94. The summed E-state index contributed by atoms with van der Waals surface area (Å²) in [5, 5.41) is 0. The summed E-state index contributed by atoms with van der Waals surface area (Å²) in [7, 11) is 2.02. The van der Waals surface area contributed by atoms with Crippen molar-refractivity contribution in [3.05, 3.63) is 51.5 Å². The highest BCUT2D eigenvalue weighted by atomic mass is 79.9. The van der Waals surface area contributed by atoms with E-state index >= 15 is 0 Å². The van der Waals surface area contributed by atoms with Crippen LogP contribution < -0.4 is 11.3 Å². The van der Waals surface area contributed by atoms with Gasteiger partial charge in [-0.15, -0.1) is 0 Å². The molecule has 0 radical (unpaired) electrons. The molecule has 1 aromatic heterocycles. The van der Waals surface area contributed by atoms with Gasteiger partial charge in [-0.05, 0) is 37.0 Å². The molecular formula is C15H21BrN4. The van der Waals surface area contributed by atoms with Crippen LogP contribution in [0.5, 0.6) is 0 Å². The lowest BCUT2D eigenvalue weighted by Crippen LogP contribution is -2.28. The van der Waals surface area contributed by atoms with E-state index in [0.717, 1.165) is 18.7 Å². The highest BCUT2D eigenvalue weighted by Crippen LogP contribution is 2.27. The van der Waals surface area contributed by atoms with Gasteiger partial charge in [0.1, 0.15) is 5.82 Å². The summed E-state index contributed by atoms with van der Waals surface area (Å²) < 4.78 is 3.21. The van der Waals surface area contributed by atoms with Crippen molar-refractivity contribution in [2.24, 2.45) is 12.9 Å². The van der Waals surface area contributed by atoms with Crippen LogP contribution in [0.1, 0.15) is 35.0 Å². The Morgan fingerprint density at radius 3 is 2.50 bits per heavy atom. The lowest BCUT2D eigenvalue weighted by Gasteiger charge is -2.18. The summed E-state index contributed by atoms with van der Waals surface area (Å²) in [6, 6.07) is 4.50. The van der Waals surface area contributed by atoms with Gasteiger partial charge in [0.25, 0.3) is 0 Å². The standard InChI is InChI=1S/C15H21BrN4/c1-10-8-12(9-11(2)15(10)16)13(19-17)4-5-14-18-6-7-20(14)3/h6-9,13,19H,4-5,17H2,1-3H3.